The average Bonchev–Trinajstić information content (AvgIpc) is 2.38. The second-order valence-electron chi connectivity index (χ2n) is 4.06. The number of carbonyl (C=O) groups excluding carboxylic acids is 2. The normalized spacial score (nSPS) is 11.0. The first kappa shape index (κ1) is 14.8. The molecular formula is C14H17NO4. The average molecular weight is 263 g/mol. The standard InChI is InChI=1S/C14H17NO4/c1-4-19-14(18)13(17)9-12(16)10-5-7-11(8-6-10)15(2)3/h5-9,16H,4H2,1-3H3. The van der Waals surface area contributed by atoms with Gasteiger partial charge in [0.05, 0.1) is 6.61 Å². The predicted molar refractivity (Wildman–Crippen MR) is 73.0 cm³/mol. The number of ketones is 1. The van der Waals surface area contributed by atoms with E-state index in [-0.39, 0.29) is 12.4 Å². The molecule has 0 spiro atoms. The van der Waals surface area contributed by atoms with Crippen LogP contribution in [0.5, 0.6) is 0 Å². The van der Waals surface area contributed by atoms with Gasteiger partial charge in [0.25, 0.3) is 5.78 Å². The largest absolute Gasteiger partial charge is 0.507 e. The van der Waals surface area contributed by atoms with Gasteiger partial charge in [-0.25, -0.2) is 4.79 Å². The summed E-state index contributed by atoms with van der Waals surface area (Å²) in [6.07, 6.45) is 0.864. The van der Waals surface area contributed by atoms with Crippen LogP contribution < -0.4 is 4.90 Å². The SMILES string of the molecule is CCOC(=O)C(=O)C=C(O)c1ccc(N(C)C)cc1. The van der Waals surface area contributed by atoms with Gasteiger partial charge in [-0.2, -0.15) is 0 Å². The molecule has 1 aromatic rings. The highest BCUT2D eigenvalue weighted by atomic mass is 16.5. The summed E-state index contributed by atoms with van der Waals surface area (Å²) in [5.74, 6) is -2.11. The molecule has 0 heterocycles. The maximum absolute atomic E-state index is 11.4. The van der Waals surface area contributed by atoms with Gasteiger partial charge in [-0.3, -0.25) is 4.79 Å². The molecule has 1 aromatic carbocycles. The van der Waals surface area contributed by atoms with Crippen LogP contribution in [-0.4, -0.2) is 37.6 Å². The zero-order valence-corrected chi connectivity index (χ0v) is 11.2. The number of ether oxygens (including phenoxy) is 1. The molecule has 0 saturated carbocycles. The van der Waals surface area contributed by atoms with Crippen molar-refractivity contribution in [2.75, 3.05) is 25.6 Å². The molecule has 0 amide bonds. The molecule has 1 N–H and O–H groups in total. The topological polar surface area (TPSA) is 66.8 Å². The minimum atomic E-state index is -0.973. The summed E-state index contributed by atoms with van der Waals surface area (Å²) in [6.45, 7) is 1.73. The van der Waals surface area contributed by atoms with E-state index in [1.165, 1.54) is 0 Å². The number of benzene rings is 1. The summed E-state index contributed by atoms with van der Waals surface area (Å²) in [7, 11) is 3.80. The summed E-state index contributed by atoms with van der Waals surface area (Å²) in [5, 5.41) is 9.76. The van der Waals surface area contributed by atoms with Gasteiger partial charge in [-0.05, 0) is 31.2 Å². The number of esters is 1. The van der Waals surface area contributed by atoms with Crippen molar-refractivity contribution in [1.29, 1.82) is 0 Å². The Kier molecular flexibility index (Phi) is 5.11. The fourth-order valence-corrected chi connectivity index (χ4v) is 1.40. The molecule has 19 heavy (non-hydrogen) atoms. The van der Waals surface area contributed by atoms with Gasteiger partial charge >= 0.3 is 5.97 Å². The zero-order valence-electron chi connectivity index (χ0n) is 11.2. The molecule has 0 aromatic heterocycles. The summed E-state index contributed by atoms with van der Waals surface area (Å²) < 4.78 is 4.54. The number of aliphatic hydroxyl groups excluding tert-OH is 1. The second kappa shape index (κ2) is 6.58. The second-order valence-corrected chi connectivity index (χ2v) is 4.06. The van der Waals surface area contributed by atoms with Gasteiger partial charge in [-0.1, -0.05) is 0 Å². The Hall–Kier alpha value is -2.30. The number of rotatable bonds is 5. The minimum Gasteiger partial charge on any atom is -0.507 e. The van der Waals surface area contributed by atoms with E-state index >= 15 is 0 Å². The van der Waals surface area contributed by atoms with Crippen molar-refractivity contribution >= 4 is 23.2 Å². The number of aliphatic hydroxyl groups is 1. The number of nitrogens with zero attached hydrogens (tertiary/aromatic N) is 1. The van der Waals surface area contributed by atoms with E-state index in [1.54, 1.807) is 31.2 Å². The van der Waals surface area contributed by atoms with Crippen molar-refractivity contribution in [1.82, 2.24) is 0 Å². The lowest BCUT2D eigenvalue weighted by Gasteiger charge is -2.12. The third kappa shape index (κ3) is 4.13. The lowest BCUT2D eigenvalue weighted by molar-refractivity contribution is -0.151. The summed E-state index contributed by atoms with van der Waals surface area (Å²) in [5.41, 5.74) is 1.43. The van der Waals surface area contributed by atoms with E-state index in [0.717, 1.165) is 11.8 Å². The van der Waals surface area contributed by atoms with Crippen LogP contribution >= 0.6 is 0 Å². The Morgan fingerprint density at radius 1 is 1.26 bits per heavy atom. The van der Waals surface area contributed by atoms with Gasteiger partial charge in [0.1, 0.15) is 5.76 Å². The van der Waals surface area contributed by atoms with Crippen LogP contribution in [0.2, 0.25) is 0 Å². The molecule has 0 bridgehead atoms. The fourth-order valence-electron chi connectivity index (χ4n) is 1.40. The van der Waals surface area contributed by atoms with Gasteiger partial charge in [0.2, 0.25) is 0 Å². The third-order valence-corrected chi connectivity index (χ3v) is 2.42. The van der Waals surface area contributed by atoms with E-state index in [0.29, 0.717) is 5.56 Å². The highest BCUT2D eigenvalue weighted by Gasteiger charge is 2.13. The highest BCUT2D eigenvalue weighted by Crippen LogP contribution is 2.17. The molecule has 5 nitrogen and oxygen atoms in total. The quantitative estimate of drug-likeness (QED) is 0.379. The van der Waals surface area contributed by atoms with Crippen LogP contribution in [0.15, 0.2) is 30.3 Å². The lowest BCUT2D eigenvalue weighted by atomic mass is 10.1. The third-order valence-electron chi connectivity index (χ3n) is 2.42. The zero-order chi connectivity index (χ0) is 14.4. The van der Waals surface area contributed by atoms with Crippen molar-refractivity contribution in [3.63, 3.8) is 0 Å². The summed E-state index contributed by atoms with van der Waals surface area (Å²) in [6, 6.07) is 6.93. The molecule has 0 saturated heterocycles. The Morgan fingerprint density at radius 3 is 2.32 bits per heavy atom. The first-order valence-electron chi connectivity index (χ1n) is 5.85. The maximum Gasteiger partial charge on any atom is 0.379 e. The molecule has 0 radical (unpaired) electrons. The number of anilines is 1. The smallest absolute Gasteiger partial charge is 0.379 e. The molecule has 0 unspecified atom stereocenters. The van der Waals surface area contributed by atoms with Gasteiger partial charge in [-0.15, -0.1) is 0 Å². The van der Waals surface area contributed by atoms with Crippen LogP contribution in [0.1, 0.15) is 12.5 Å². The van der Waals surface area contributed by atoms with Crippen molar-refractivity contribution in [2.45, 2.75) is 6.92 Å². The Balaban J connectivity index is 2.84. The molecule has 102 valence electrons. The molecule has 0 atom stereocenters. The van der Waals surface area contributed by atoms with Crippen molar-refractivity contribution in [3.05, 3.63) is 35.9 Å². The molecule has 0 aliphatic heterocycles. The van der Waals surface area contributed by atoms with E-state index in [2.05, 4.69) is 4.74 Å². The summed E-state index contributed by atoms with van der Waals surface area (Å²) >= 11 is 0. The van der Waals surface area contributed by atoms with Crippen LogP contribution in [0, 0.1) is 0 Å². The molecule has 0 aliphatic carbocycles. The monoisotopic (exact) mass is 263 g/mol. The first-order chi connectivity index (χ1) is 8.95. The molecule has 1 rings (SSSR count). The van der Waals surface area contributed by atoms with E-state index in [1.807, 2.05) is 19.0 Å². The van der Waals surface area contributed by atoms with Crippen LogP contribution in [0.4, 0.5) is 5.69 Å². The molecule has 0 fully saturated rings. The van der Waals surface area contributed by atoms with Crippen LogP contribution in [0.3, 0.4) is 0 Å². The Bertz CT molecular complexity index is 489. The van der Waals surface area contributed by atoms with Crippen LogP contribution in [0.25, 0.3) is 5.76 Å². The van der Waals surface area contributed by atoms with Gasteiger partial charge < -0.3 is 14.7 Å². The van der Waals surface area contributed by atoms with Crippen molar-refractivity contribution in [3.8, 4) is 0 Å². The van der Waals surface area contributed by atoms with Crippen LogP contribution in [-0.2, 0) is 14.3 Å². The highest BCUT2D eigenvalue weighted by molar-refractivity contribution is 6.39. The minimum absolute atomic E-state index is 0.122. The van der Waals surface area contributed by atoms with Gasteiger partial charge in [0.15, 0.2) is 0 Å². The maximum atomic E-state index is 11.4. The van der Waals surface area contributed by atoms with E-state index < -0.39 is 11.8 Å². The van der Waals surface area contributed by atoms with E-state index in [4.69, 9.17) is 0 Å². The number of hydrogen-bond donors (Lipinski definition) is 1. The molecule has 0 aliphatic rings. The predicted octanol–water partition coefficient (Wildman–Crippen LogP) is 1.78. The fraction of sp³-hybridized carbons (Fsp3) is 0.286. The Labute approximate surface area is 112 Å². The first-order valence-corrected chi connectivity index (χ1v) is 5.85. The molecule has 5 heteroatoms. The van der Waals surface area contributed by atoms with Crippen molar-refractivity contribution < 1.29 is 19.4 Å². The van der Waals surface area contributed by atoms with E-state index in [9.17, 15) is 14.7 Å². The molecular weight excluding hydrogens is 246 g/mol. The van der Waals surface area contributed by atoms with Crippen molar-refractivity contribution in [2.24, 2.45) is 0 Å². The summed E-state index contributed by atoms with van der Waals surface area (Å²) in [4.78, 5) is 24.4. The number of carbonyl (C=O) groups is 2. The Morgan fingerprint density at radius 2 is 1.84 bits per heavy atom. The number of hydrogen-bond acceptors (Lipinski definition) is 5. The lowest BCUT2D eigenvalue weighted by Crippen LogP contribution is -2.15. The van der Waals surface area contributed by atoms with Gasteiger partial charge in [0, 0.05) is 31.4 Å².